The average Bonchev–Trinajstić information content (AvgIpc) is 2.88. The van der Waals surface area contributed by atoms with E-state index >= 15 is 0 Å². The molecule has 1 heterocycles. The third-order valence-electron chi connectivity index (χ3n) is 6.27. The molecule has 0 spiro atoms. The second kappa shape index (κ2) is 10.4. The van der Waals surface area contributed by atoms with Crippen LogP contribution in [0.5, 0.6) is 17.2 Å². The van der Waals surface area contributed by atoms with Gasteiger partial charge in [-0.3, -0.25) is 14.5 Å². The second-order valence-electron chi connectivity index (χ2n) is 10.1. The normalized spacial score (nSPS) is 18.0. The van der Waals surface area contributed by atoms with Crippen LogP contribution in [-0.4, -0.2) is 38.7 Å². The summed E-state index contributed by atoms with van der Waals surface area (Å²) in [5.74, 6) is -2.23. The van der Waals surface area contributed by atoms with Crippen LogP contribution in [0.3, 0.4) is 0 Å². The van der Waals surface area contributed by atoms with E-state index in [9.17, 15) is 18.4 Å². The van der Waals surface area contributed by atoms with Crippen molar-refractivity contribution in [1.82, 2.24) is 5.32 Å². The number of hydrogen-bond donors (Lipinski definition) is 1. The maximum atomic E-state index is 14.7. The van der Waals surface area contributed by atoms with Gasteiger partial charge < -0.3 is 19.5 Å². The van der Waals surface area contributed by atoms with Crippen LogP contribution in [0.2, 0.25) is 0 Å². The summed E-state index contributed by atoms with van der Waals surface area (Å²) in [5.41, 5.74) is -1.86. The molecule has 1 aliphatic heterocycles. The summed E-state index contributed by atoms with van der Waals surface area (Å²) in [4.78, 5) is 29.4. The highest BCUT2D eigenvalue weighted by Gasteiger charge is 2.63. The number of nitrogens with zero attached hydrogens (tertiary/aromatic N) is 1. The van der Waals surface area contributed by atoms with Crippen molar-refractivity contribution in [3.63, 3.8) is 0 Å². The summed E-state index contributed by atoms with van der Waals surface area (Å²) < 4.78 is 45.7. The second-order valence-corrected chi connectivity index (χ2v) is 10.1. The Morgan fingerprint density at radius 1 is 0.897 bits per heavy atom. The first-order valence-electron chi connectivity index (χ1n) is 12.2. The Kier molecular flexibility index (Phi) is 7.37. The Labute approximate surface area is 226 Å². The molecular weight excluding hydrogens is 506 g/mol. The lowest BCUT2D eigenvalue weighted by molar-refractivity contribution is -0.135. The molecule has 0 radical (unpaired) electrons. The molecule has 1 atom stereocenters. The molecule has 1 unspecified atom stereocenters. The molecule has 7 nitrogen and oxygen atoms in total. The standard InChI is InChI=1S/C30H30F2N2O5/c1-29(2,3)33-28(36)30(19-13-20(31)15-21(32)14-19)23(12-18-10-8-7-9-11-18)27(35)34(30)22-16-24(37-4)26(39-6)25(17-22)38-5/h7-17H,1-6H3,(H,33,36)/b23-12+. The van der Waals surface area contributed by atoms with Crippen molar-refractivity contribution in [3.8, 4) is 17.2 Å². The number of nitrogens with one attached hydrogen (secondary N) is 1. The number of ether oxygens (including phenoxy) is 3. The van der Waals surface area contributed by atoms with E-state index in [0.29, 0.717) is 11.6 Å². The van der Waals surface area contributed by atoms with Crippen LogP contribution >= 0.6 is 0 Å². The molecule has 3 aromatic carbocycles. The van der Waals surface area contributed by atoms with Gasteiger partial charge in [0.05, 0.1) is 32.6 Å². The monoisotopic (exact) mass is 536 g/mol. The predicted octanol–water partition coefficient (Wildman–Crippen LogP) is 5.23. The van der Waals surface area contributed by atoms with E-state index in [4.69, 9.17) is 14.2 Å². The first-order chi connectivity index (χ1) is 18.5. The number of carbonyl (C=O) groups excluding carboxylic acids is 2. The van der Waals surface area contributed by atoms with Gasteiger partial charge in [0.15, 0.2) is 17.0 Å². The minimum atomic E-state index is -1.94. The number of β-lactam (4-membered cyclic amide) rings is 1. The average molecular weight is 537 g/mol. The zero-order valence-corrected chi connectivity index (χ0v) is 22.6. The number of hydrogen-bond acceptors (Lipinski definition) is 5. The zero-order valence-electron chi connectivity index (χ0n) is 22.6. The zero-order chi connectivity index (χ0) is 28.5. The number of carbonyl (C=O) groups is 2. The number of benzene rings is 3. The highest BCUT2D eigenvalue weighted by Crippen LogP contribution is 2.53. The summed E-state index contributed by atoms with van der Waals surface area (Å²) in [6, 6.07) is 14.8. The molecule has 2 amide bonds. The largest absolute Gasteiger partial charge is 0.493 e. The first-order valence-corrected chi connectivity index (χ1v) is 12.2. The van der Waals surface area contributed by atoms with Gasteiger partial charge in [0, 0.05) is 23.7 Å². The first kappa shape index (κ1) is 27.6. The lowest BCUT2D eigenvalue weighted by Gasteiger charge is -2.53. The fourth-order valence-corrected chi connectivity index (χ4v) is 4.72. The molecule has 1 saturated heterocycles. The lowest BCUT2D eigenvalue weighted by atomic mass is 9.70. The molecule has 0 saturated carbocycles. The minimum Gasteiger partial charge on any atom is -0.493 e. The van der Waals surface area contributed by atoms with E-state index in [-0.39, 0.29) is 34.1 Å². The summed E-state index contributed by atoms with van der Waals surface area (Å²) in [5, 5.41) is 2.91. The van der Waals surface area contributed by atoms with E-state index < -0.39 is 34.5 Å². The summed E-state index contributed by atoms with van der Waals surface area (Å²) in [6.45, 7) is 5.32. The van der Waals surface area contributed by atoms with Gasteiger partial charge in [-0.2, -0.15) is 0 Å². The molecule has 39 heavy (non-hydrogen) atoms. The molecule has 0 bridgehead atoms. The molecule has 3 aromatic rings. The van der Waals surface area contributed by atoms with E-state index in [0.717, 1.165) is 12.1 Å². The van der Waals surface area contributed by atoms with E-state index in [1.165, 1.54) is 38.4 Å². The van der Waals surface area contributed by atoms with E-state index in [1.807, 2.05) is 6.07 Å². The van der Waals surface area contributed by atoms with Gasteiger partial charge in [0.2, 0.25) is 5.75 Å². The number of amides is 2. The Hall–Kier alpha value is -4.40. The van der Waals surface area contributed by atoms with Gasteiger partial charge in [-0.25, -0.2) is 8.78 Å². The molecule has 4 rings (SSSR count). The van der Waals surface area contributed by atoms with Crippen LogP contribution < -0.4 is 24.4 Å². The van der Waals surface area contributed by atoms with Crippen LogP contribution in [0.4, 0.5) is 14.5 Å². The SMILES string of the molecule is COc1cc(N2C(=O)/C(=C\c3ccccc3)C2(C(=O)NC(C)(C)C)c2cc(F)cc(F)c2)cc(OC)c1OC. The molecule has 0 aliphatic carbocycles. The van der Waals surface area contributed by atoms with Crippen molar-refractivity contribution >= 4 is 23.6 Å². The third kappa shape index (κ3) is 4.92. The Balaban J connectivity index is 2.08. The van der Waals surface area contributed by atoms with Crippen molar-refractivity contribution < 1.29 is 32.6 Å². The number of halogens is 2. The highest BCUT2D eigenvalue weighted by molar-refractivity contribution is 6.28. The van der Waals surface area contributed by atoms with Gasteiger partial charge in [0.1, 0.15) is 11.6 Å². The Morgan fingerprint density at radius 2 is 1.46 bits per heavy atom. The van der Waals surface area contributed by atoms with Crippen LogP contribution in [0.25, 0.3) is 6.08 Å². The van der Waals surface area contributed by atoms with Crippen LogP contribution in [0.15, 0.2) is 66.2 Å². The fourth-order valence-electron chi connectivity index (χ4n) is 4.72. The maximum absolute atomic E-state index is 14.7. The Morgan fingerprint density at radius 3 is 1.95 bits per heavy atom. The van der Waals surface area contributed by atoms with Crippen molar-refractivity contribution in [3.05, 3.63) is 89.0 Å². The number of methoxy groups -OCH3 is 3. The number of anilines is 1. The summed E-state index contributed by atoms with van der Waals surface area (Å²) >= 11 is 0. The van der Waals surface area contributed by atoms with E-state index in [2.05, 4.69) is 5.32 Å². The van der Waals surface area contributed by atoms with Gasteiger partial charge in [-0.15, -0.1) is 0 Å². The van der Waals surface area contributed by atoms with Crippen LogP contribution in [0, 0.1) is 11.6 Å². The van der Waals surface area contributed by atoms with Crippen LogP contribution in [-0.2, 0) is 15.1 Å². The van der Waals surface area contributed by atoms with Gasteiger partial charge in [0.25, 0.3) is 11.8 Å². The van der Waals surface area contributed by atoms with Gasteiger partial charge in [-0.1, -0.05) is 30.3 Å². The smallest absolute Gasteiger partial charge is 0.259 e. The van der Waals surface area contributed by atoms with Crippen molar-refractivity contribution in [2.24, 2.45) is 0 Å². The maximum Gasteiger partial charge on any atom is 0.259 e. The van der Waals surface area contributed by atoms with Crippen molar-refractivity contribution in [1.29, 1.82) is 0 Å². The molecule has 204 valence electrons. The minimum absolute atomic E-state index is 0.0363. The number of rotatable bonds is 7. The van der Waals surface area contributed by atoms with Crippen molar-refractivity contribution in [2.75, 3.05) is 26.2 Å². The van der Waals surface area contributed by atoms with Gasteiger partial charge >= 0.3 is 0 Å². The predicted molar refractivity (Wildman–Crippen MR) is 144 cm³/mol. The van der Waals surface area contributed by atoms with Crippen LogP contribution in [0.1, 0.15) is 31.9 Å². The lowest BCUT2D eigenvalue weighted by Crippen LogP contribution is -2.71. The molecule has 9 heteroatoms. The molecule has 0 aromatic heterocycles. The quantitative estimate of drug-likeness (QED) is 0.331. The molecule has 1 fully saturated rings. The molecule has 1 aliphatic rings. The molecular formula is C30H30F2N2O5. The third-order valence-corrected chi connectivity index (χ3v) is 6.27. The summed E-state index contributed by atoms with van der Waals surface area (Å²) in [6.07, 6.45) is 1.56. The molecule has 1 N–H and O–H groups in total. The topological polar surface area (TPSA) is 77.1 Å². The van der Waals surface area contributed by atoms with Gasteiger partial charge in [-0.05, 0) is 50.1 Å². The Bertz CT molecular complexity index is 1400. The van der Waals surface area contributed by atoms with E-state index in [1.54, 1.807) is 51.1 Å². The fraction of sp³-hybridized carbons (Fsp3) is 0.267. The summed E-state index contributed by atoms with van der Waals surface area (Å²) in [7, 11) is 4.27. The van der Waals surface area contributed by atoms with Crippen molar-refractivity contribution in [2.45, 2.75) is 31.8 Å². The highest BCUT2D eigenvalue weighted by atomic mass is 19.1.